The van der Waals surface area contributed by atoms with Gasteiger partial charge in [-0.1, -0.05) is 0 Å². The number of nitrogens with zero attached hydrogens (tertiary/aromatic N) is 2. The van der Waals surface area contributed by atoms with Crippen LogP contribution in [0.2, 0.25) is 0 Å². The third-order valence-electron chi connectivity index (χ3n) is 4.02. The Labute approximate surface area is 118 Å². The van der Waals surface area contributed by atoms with Gasteiger partial charge < -0.3 is 14.2 Å². The number of aromatic nitrogens is 2. The molecule has 3 rings (SSSR count). The molecule has 2 heterocycles. The Kier molecular flexibility index (Phi) is 3.76. The molecule has 0 N–H and O–H groups in total. The van der Waals surface area contributed by atoms with Gasteiger partial charge in [0.05, 0.1) is 37.6 Å². The number of hydrogen-bond acceptors (Lipinski definition) is 5. The molecule has 0 radical (unpaired) electrons. The number of hydrogen-bond donors (Lipinski definition) is 0. The SMILES string of the molecule is CCOC(=O)c1cnn(C2CCC3(CC2)OCCO3)c1. The highest BCUT2D eigenvalue weighted by atomic mass is 16.7. The summed E-state index contributed by atoms with van der Waals surface area (Å²) < 4.78 is 18.3. The predicted molar refractivity (Wildman–Crippen MR) is 70.3 cm³/mol. The van der Waals surface area contributed by atoms with Crippen molar-refractivity contribution in [2.75, 3.05) is 19.8 Å². The first-order valence-corrected chi connectivity index (χ1v) is 7.22. The molecule has 2 aliphatic rings. The van der Waals surface area contributed by atoms with E-state index in [9.17, 15) is 4.79 Å². The van der Waals surface area contributed by atoms with Crippen molar-refractivity contribution in [2.45, 2.75) is 44.4 Å². The van der Waals surface area contributed by atoms with E-state index in [0.717, 1.165) is 25.7 Å². The van der Waals surface area contributed by atoms with Gasteiger partial charge >= 0.3 is 5.97 Å². The summed E-state index contributed by atoms with van der Waals surface area (Å²) in [4.78, 5) is 11.6. The lowest BCUT2D eigenvalue weighted by Crippen LogP contribution is -2.35. The molecule has 110 valence electrons. The first-order valence-electron chi connectivity index (χ1n) is 7.22. The fourth-order valence-electron chi connectivity index (χ4n) is 2.95. The Morgan fingerprint density at radius 1 is 1.45 bits per heavy atom. The average molecular weight is 280 g/mol. The fourth-order valence-corrected chi connectivity index (χ4v) is 2.95. The van der Waals surface area contributed by atoms with Crippen molar-refractivity contribution in [1.29, 1.82) is 0 Å². The summed E-state index contributed by atoms with van der Waals surface area (Å²) >= 11 is 0. The van der Waals surface area contributed by atoms with Crippen LogP contribution in [0.25, 0.3) is 0 Å². The van der Waals surface area contributed by atoms with Gasteiger partial charge in [0.25, 0.3) is 0 Å². The van der Waals surface area contributed by atoms with Crippen molar-refractivity contribution < 1.29 is 19.0 Å². The molecule has 6 heteroatoms. The monoisotopic (exact) mass is 280 g/mol. The number of rotatable bonds is 3. The van der Waals surface area contributed by atoms with Crippen LogP contribution in [-0.2, 0) is 14.2 Å². The van der Waals surface area contributed by atoms with Crippen molar-refractivity contribution in [3.05, 3.63) is 18.0 Å². The number of carbonyl (C=O) groups excluding carboxylic acids is 1. The summed E-state index contributed by atoms with van der Waals surface area (Å²) in [5.41, 5.74) is 0.514. The smallest absolute Gasteiger partial charge is 0.341 e. The maximum absolute atomic E-state index is 11.6. The highest BCUT2D eigenvalue weighted by Crippen LogP contribution is 2.39. The Hall–Kier alpha value is -1.40. The molecule has 1 aromatic heterocycles. The van der Waals surface area contributed by atoms with Crippen LogP contribution in [0.1, 0.15) is 49.0 Å². The van der Waals surface area contributed by atoms with E-state index in [-0.39, 0.29) is 11.8 Å². The molecule has 20 heavy (non-hydrogen) atoms. The van der Waals surface area contributed by atoms with Gasteiger partial charge in [0.15, 0.2) is 5.79 Å². The van der Waals surface area contributed by atoms with Gasteiger partial charge in [-0.3, -0.25) is 4.68 Å². The van der Waals surface area contributed by atoms with Gasteiger partial charge in [0.2, 0.25) is 0 Å². The molecule has 0 amide bonds. The number of ether oxygens (including phenoxy) is 3. The summed E-state index contributed by atoms with van der Waals surface area (Å²) in [7, 11) is 0. The van der Waals surface area contributed by atoms with E-state index in [1.807, 2.05) is 4.68 Å². The molecule has 0 bridgehead atoms. The summed E-state index contributed by atoms with van der Waals surface area (Å²) in [6.45, 7) is 3.56. The van der Waals surface area contributed by atoms with Crippen molar-refractivity contribution in [3.8, 4) is 0 Å². The normalized spacial score (nSPS) is 22.2. The van der Waals surface area contributed by atoms with E-state index in [1.165, 1.54) is 0 Å². The quantitative estimate of drug-likeness (QED) is 0.791. The molecule has 1 saturated carbocycles. The zero-order chi connectivity index (χ0) is 14.0. The topological polar surface area (TPSA) is 62.6 Å². The lowest BCUT2D eigenvalue weighted by molar-refractivity contribution is -0.181. The van der Waals surface area contributed by atoms with E-state index in [4.69, 9.17) is 14.2 Å². The minimum atomic E-state index is -0.354. The van der Waals surface area contributed by atoms with E-state index in [1.54, 1.807) is 19.3 Å². The lowest BCUT2D eigenvalue weighted by atomic mass is 9.90. The maximum atomic E-state index is 11.6. The van der Waals surface area contributed by atoms with Gasteiger partial charge in [0, 0.05) is 19.0 Å². The Balaban J connectivity index is 1.62. The van der Waals surface area contributed by atoms with Crippen LogP contribution in [-0.4, -0.2) is 41.4 Å². The maximum Gasteiger partial charge on any atom is 0.341 e. The molecule has 1 saturated heterocycles. The molecule has 1 spiro atoms. The van der Waals surface area contributed by atoms with Gasteiger partial charge in [-0.2, -0.15) is 5.10 Å². The van der Waals surface area contributed by atoms with E-state index >= 15 is 0 Å². The van der Waals surface area contributed by atoms with Gasteiger partial charge in [-0.05, 0) is 19.8 Å². The van der Waals surface area contributed by atoms with Gasteiger partial charge in [-0.25, -0.2) is 4.79 Å². The van der Waals surface area contributed by atoms with E-state index < -0.39 is 0 Å². The number of carbonyl (C=O) groups is 1. The van der Waals surface area contributed by atoms with Crippen molar-refractivity contribution >= 4 is 5.97 Å². The van der Waals surface area contributed by atoms with Gasteiger partial charge in [-0.15, -0.1) is 0 Å². The minimum absolute atomic E-state index is 0.302. The zero-order valence-electron chi connectivity index (χ0n) is 11.7. The highest BCUT2D eigenvalue weighted by molar-refractivity contribution is 5.88. The van der Waals surface area contributed by atoms with Crippen LogP contribution in [0, 0.1) is 0 Å². The minimum Gasteiger partial charge on any atom is -0.462 e. The Morgan fingerprint density at radius 2 is 2.15 bits per heavy atom. The average Bonchev–Trinajstić information content (AvgIpc) is 3.10. The van der Waals surface area contributed by atoms with E-state index in [0.29, 0.717) is 31.4 Å². The molecule has 2 fully saturated rings. The van der Waals surface area contributed by atoms with E-state index in [2.05, 4.69) is 5.10 Å². The Morgan fingerprint density at radius 3 is 2.80 bits per heavy atom. The van der Waals surface area contributed by atoms with Gasteiger partial charge in [0.1, 0.15) is 0 Å². The molecule has 0 aromatic carbocycles. The third-order valence-corrected chi connectivity index (χ3v) is 4.02. The lowest BCUT2D eigenvalue weighted by Gasteiger charge is -2.35. The fraction of sp³-hybridized carbons (Fsp3) is 0.714. The summed E-state index contributed by atoms with van der Waals surface area (Å²) in [5, 5.41) is 4.29. The summed E-state index contributed by atoms with van der Waals surface area (Å²) in [6, 6.07) is 0.302. The van der Waals surface area contributed by atoms with Crippen LogP contribution >= 0.6 is 0 Å². The van der Waals surface area contributed by atoms with Crippen LogP contribution in [0.3, 0.4) is 0 Å². The second-order valence-electron chi connectivity index (χ2n) is 5.27. The molecule has 1 aromatic rings. The molecule has 0 unspecified atom stereocenters. The van der Waals surface area contributed by atoms with Crippen molar-refractivity contribution in [3.63, 3.8) is 0 Å². The molecular weight excluding hydrogens is 260 g/mol. The largest absolute Gasteiger partial charge is 0.462 e. The predicted octanol–water partition coefficient (Wildman–Crippen LogP) is 1.92. The highest BCUT2D eigenvalue weighted by Gasteiger charge is 2.40. The molecule has 1 aliphatic carbocycles. The molecule has 0 atom stereocenters. The zero-order valence-corrected chi connectivity index (χ0v) is 11.7. The second kappa shape index (κ2) is 5.54. The first kappa shape index (κ1) is 13.6. The standard InChI is InChI=1S/C14H20N2O4/c1-2-18-13(17)11-9-15-16(10-11)12-3-5-14(6-4-12)19-7-8-20-14/h9-10,12H,2-8H2,1H3. The summed E-state index contributed by atoms with van der Waals surface area (Å²) in [5.74, 6) is -0.665. The van der Waals surface area contributed by atoms with Crippen LogP contribution in [0.15, 0.2) is 12.4 Å². The number of esters is 1. The molecule has 1 aliphatic heterocycles. The Bertz CT molecular complexity index is 469. The van der Waals surface area contributed by atoms with Crippen LogP contribution in [0.5, 0.6) is 0 Å². The summed E-state index contributed by atoms with van der Waals surface area (Å²) in [6.07, 6.45) is 7.01. The van der Waals surface area contributed by atoms with Crippen molar-refractivity contribution in [1.82, 2.24) is 9.78 Å². The second-order valence-corrected chi connectivity index (χ2v) is 5.27. The third kappa shape index (κ3) is 2.58. The molecular formula is C14H20N2O4. The van der Waals surface area contributed by atoms with Crippen LogP contribution < -0.4 is 0 Å². The van der Waals surface area contributed by atoms with Crippen molar-refractivity contribution in [2.24, 2.45) is 0 Å². The van der Waals surface area contributed by atoms with Crippen LogP contribution in [0.4, 0.5) is 0 Å². The molecule has 6 nitrogen and oxygen atoms in total. The first-order chi connectivity index (χ1) is 9.72.